The lowest BCUT2D eigenvalue weighted by molar-refractivity contribution is -0.121. The lowest BCUT2D eigenvalue weighted by Gasteiger charge is -2.19. The van der Waals surface area contributed by atoms with E-state index in [2.05, 4.69) is 10.3 Å². The SMILES string of the molecule is CCNC(=O)CN(CC)C(=O)c1nc(-c2ccco2)sc1C. The zero-order valence-electron chi connectivity index (χ0n) is 12.9. The average Bonchev–Trinajstić information content (AvgIpc) is 3.13. The van der Waals surface area contributed by atoms with Gasteiger partial charge in [0.15, 0.2) is 10.8 Å². The van der Waals surface area contributed by atoms with E-state index in [1.807, 2.05) is 20.8 Å². The molecule has 118 valence electrons. The Labute approximate surface area is 133 Å². The van der Waals surface area contributed by atoms with Crippen LogP contribution in [0.2, 0.25) is 0 Å². The minimum Gasteiger partial charge on any atom is -0.462 e. The molecule has 0 aromatic carbocycles. The van der Waals surface area contributed by atoms with Crippen LogP contribution in [0.15, 0.2) is 22.8 Å². The summed E-state index contributed by atoms with van der Waals surface area (Å²) in [6.45, 7) is 6.56. The van der Waals surface area contributed by atoms with Crippen molar-refractivity contribution in [1.29, 1.82) is 0 Å². The van der Waals surface area contributed by atoms with Gasteiger partial charge < -0.3 is 14.6 Å². The van der Waals surface area contributed by atoms with Gasteiger partial charge in [-0.1, -0.05) is 0 Å². The third-order valence-corrected chi connectivity index (χ3v) is 4.09. The van der Waals surface area contributed by atoms with Crippen LogP contribution in [-0.4, -0.2) is 41.3 Å². The average molecular weight is 321 g/mol. The van der Waals surface area contributed by atoms with Crippen LogP contribution in [0.1, 0.15) is 29.2 Å². The number of carbonyl (C=O) groups excluding carboxylic acids is 2. The molecule has 0 aliphatic carbocycles. The Morgan fingerprint density at radius 2 is 2.18 bits per heavy atom. The second kappa shape index (κ2) is 7.22. The van der Waals surface area contributed by atoms with Gasteiger partial charge in [-0.15, -0.1) is 11.3 Å². The highest BCUT2D eigenvalue weighted by Gasteiger charge is 2.23. The fraction of sp³-hybridized carbons (Fsp3) is 0.400. The molecular weight excluding hydrogens is 302 g/mol. The van der Waals surface area contributed by atoms with Crippen molar-refractivity contribution >= 4 is 23.2 Å². The summed E-state index contributed by atoms with van der Waals surface area (Å²) in [5.41, 5.74) is 0.377. The molecule has 22 heavy (non-hydrogen) atoms. The summed E-state index contributed by atoms with van der Waals surface area (Å²) in [4.78, 5) is 30.9. The first-order chi connectivity index (χ1) is 10.6. The van der Waals surface area contributed by atoms with Gasteiger partial charge in [-0.05, 0) is 32.9 Å². The first-order valence-corrected chi connectivity index (χ1v) is 7.95. The highest BCUT2D eigenvalue weighted by molar-refractivity contribution is 7.15. The summed E-state index contributed by atoms with van der Waals surface area (Å²) in [7, 11) is 0. The number of amides is 2. The lowest BCUT2D eigenvalue weighted by Crippen LogP contribution is -2.40. The maximum atomic E-state index is 12.6. The molecule has 6 nitrogen and oxygen atoms in total. The van der Waals surface area contributed by atoms with Crippen LogP contribution >= 0.6 is 11.3 Å². The summed E-state index contributed by atoms with van der Waals surface area (Å²) in [5.74, 6) is 0.232. The Bertz CT molecular complexity index is 649. The molecule has 0 bridgehead atoms. The maximum Gasteiger partial charge on any atom is 0.274 e. The fourth-order valence-electron chi connectivity index (χ4n) is 2.00. The molecule has 0 spiro atoms. The van der Waals surface area contributed by atoms with E-state index in [9.17, 15) is 9.59 Å². The number of aromatic nitrogens is 1. The van der Waals surface area contributed by atoms with Gasteiger partial charge in [-0.3, -0.25) is 9.59 Å². The monoisotopic (exact) mass is 321 g/mol. The highest BCUT2D eigenvalue weighted by atomic mass is 32.1. The third-order valence-electron chi connectivity index (χ3n) is 3.11. The van der Waals surface area contributed by atoms with Crippen molar-refractivity contribution in [3.63, 3.8) is 0 Å². The molecular formula is C15H19N3O3S. The predicted octanol–water partition coefficient (Wildman–Crippen LogP) is 2.31. The predicted molar refractivity (Wildman–Crippen MR) is 84.8 cm³/mol. The first kappa shape index (κ1) is 16.2. The smallest absolute Gasteiger partial charge is 0.274 e. The molecule has 1 N–H and O–H groups in total. The van der Waals surface area contributed by atoms with Gasteiger partial charge >= 0.3 is 0 Å². The van der Waals surface area contributed by atoms with Gasteiger partial charge in [0.25, 0.3) is 5.91 Å². The van der Waals surface area contributed by atoms with E-state index in [0.717, 1.165) is 4.88 Å². The normalized spacial score (nSPS) is 10.5. The van der Waals surface area contributed by atoms with E-state index >= 15 is 0 Å². The molecule has 2 aromatic heterocycles. The highest BCUT2D eigenvalue weighted by Crippen LogP contribution is 2.28. The maximum absolute atomic E-state index is 12.6. The minimum absolute atomic E-state index is 0.0379. The number of thiazole rings is 1. The van der Waals surface area contributed by atoms with Crippen molar-refractivity contribution in [2.24, 2.45) is 0 Å². The van der Waals surface area contributed by atoms with Crippen LogP contribution in [0.4, 0.5) is 0 Å². The molecule has 0 aliphatic rings. The van der Waals surface area contributed by atoms with Crippen molar-refractivity contribution < 1.29 is 14.0 Å². The Hall–Kier alpha value is -2.15. The van der Waals surface area contributed by atoms with Crippen LogP contribution in [0.3, 0.4) is 0 Å². The van der Waals surface area contributed by atoms with Crippen molar-refractivity contribution in [3.05, 3.63) is 29.0 Å². The van der Waals surface area contributed by atoms with Crippen molar-refractivity contribution in [2.75, 3.05) is 19.6 Å². The van der Waals surface area contributed by atoms with Crippen molar-refractivity contribution in [2.45, 2.75) is 20.8 Å². The van der Waals surface area contributed by atoms with Crippen LogP contribution in [-0.2, 0) is 4.79 Å². The van der Waals surface area contributed by atoms with Crippen LogP contribution in [0, 0.1) is 6.92 Å². The summed E-state index contributed by atoms with van der Waals surface area (Å²) in [6.07, 6.45) is 1.57. The molecule has 0 fully saturated rings. The van der Waals surface area contributed by atoms with E-state index in [1.54, 1.807) is 18.4 Å². The third kappa shape index (κ3) is 3.54. The van der Waals surface area contributed by atoms with E-state index in [-0.39, 0.29) is 18.4 Å². The zero-order valence-corrected chi connectivity index (χ0v) is 13.7. The number of hydrogen-bond acceptors (Lipinski definition) is 5. The van der Waals surface area contributed by atoms with Gasteiger partial charge in [0.05, 0.1) is 12.8 Å². The summed E-state index contributed by atoms with van der Waals surface area (Å²) < 4.78 is 5.31. The molecule has 2 amide bonds. The molecule has 2 aromatic rings. The van der Waals surface area contributed by atoms with Crippen molar-refractivity contribution in [1.82, 2.24) is 15.2 Å². The number of furan rings is 1. The molecule has 2 rings (SSSR count). The van der Waals surface area contributed by atoms with E-state index < -0.39 is 0 Å². The molecule has 7 heteroatoms. The minimum atomic E-state index is -0.236. The van der Waals surface area contributed by atoms with Gasteiger partial charge in [0, 0.05) is 18.0 Å². The van der Waals surface area contributed by atoms with E-state index in [4.69, 9.17) is 4.42 Å². The van der Waals surface area contributed by atoms with Gasteiger partial charge in [-0.25, -0.2) is 4.98 Å². The Kier molecular flexibility index (Phi) is 5.32. The summed E-state index contributed by atoms with van der Waals surface area (Å²) in [5, 5.41) is 3.36. The largest absolute Gasteiger partial charge is 0.462 e. The fourth-order valence-corrected chi connectivity index (χ4v) is 2.88. The van der Waals surface area contributed by atoms with Crippen LogP contribution in [0.25, 0.3) is 10.8 Å². The zero-order chi connectivity index (χ0) is 16.1. The quantitative estimate of drug-likeness (QED) is 0.886. The second-order valence-electron chi connectivity index (χ2n) is 4.67. The van der Waals surface area contributed by atoms with E-state index in [1.165, 1.54) is 16.2 Å². The topological polar surface area (TPSA) is 75.4 Å². The number of nitrogens with zero attached hydrogens (tertiary/aromatic N) is 2. The molecule has 0 atom stereocenters. The number of carbonyl (C=O) groups is 2. The summed E-state index contributed by atoms with van der Waals surface area (Å²) >= 11 is 1.40. The molecule has 0 unspecified atom stereocenters. The first-order valence-electron chi connectivity index (χ1n) is 7.14. The van der Waals surface area contributed by atoms with Crippen molar-refractivity contribution in [3.8, 4) is 10.8 Å². The molecule has 0 saturated carbocycles. The Morgan fingerprint density at radius 3 is 2.77 bits per heavy atom. The molecule has 2 heterocycles. The number of hydrogen-bond donors (Lipinski definition) is 1. The standard InChI is InChI=1S/C15H19N3O3S/c1-4-16-12(19)9-18(5-2)15(20)13-10(3)22-14(17-13)11-7-6-8-21-11/h6-8H,4-5,9H2,1-3H3,(H,16,19). The van der Waals surface area contributed by atoms with E-state index in [0.29, 0.717) is 29.6 Å². The Morgan fingerprint density at radius 1 is 1.41 bits per heavy atom. The number of likely N-dealkylation sites (N-methyl/N-ethyl adjacent to an activating group) is 2. The second-order valence-corrected chi connectivity index (χ2v) is 5.88. The lowest BCUT2D eigenvalue weighted by atomic mass is 10.3. The molecule has 0 saturated heterocycles. The number of rotatable bonds is 6. The summed E-state index contributed by atoms with van der Waals surface area (Å²) in [6, 6.07) is 3.58. The number of nitrogens with one attached hydrogen (secondary N) is 1. The Balaban J connectivity index is 2.19. The molecule has 0 aliphatic heterocycles. The number of aryl methyl sites for hydroxylation is 1. The molecule has 0 radical (unpaired) electrons. The van der Waals surface area contributed by atoms with Crippen LogP contribution < -0.4 is 5.32 Å². The van der Waals surface area contributed by atoms with Gasteiger partial charge in [-0.2, -0.15) is 0 Å². The van der Waals surface area contributed by atoms with Gasteiger partial charge in [0.2, 0.25) is 5.91 Å². The van der Waals surface area contributed by atoms with Crippen LogP contribution in [0.5, 0.6) is 0 Å². The van der Waals surface area contributed by atoms with Gasteiger partial charge in [0.1, 0.15) is 5.69 Å².